The van der Waals surface area contributed by atoms with Gasteiger partial charge in [-0.2, -0.15) is 0 Å². The summed E-state index contributed by atoms with van der Waals surface area (Å²) in [6, 6.07) is 7.34. The summed E-state index contributed by atoms with van der Waals surface area (Å²) in [6.07, 6.45) is 1.00. The molecule has 1 fully saturated rings. The molecule has 7 nitrogen and oxygen atoms in total. The normalized spacial score (nSPS) is 17.3. The number of nitrogens with zero attached hydrogens (tertiary/aromatic N) is 3. The van der Waals surface area contributed by atoms with Crippen LogP contribution < -0.4 is 5.32 Å². The first-order chi connectivity index (χ1) is 11.5. The first-order valence-corrected chi connectivity index (χ1v) is 8.03. The number of rotatable bonds is 5. The van der Waals surface area contributed by atoms with E-state index in [1.807, 2.05) is 24.3 Å². The molecule has 1 aromatic carbocycles. The Labute approximate surface area is 143 Å². The van der Waals surface area contributed by atoms with Crippen molar-refractivity contribution in [3.05, 3.63) is 46.2 Å². The van der Waals surface area contributed by atoms with Gasteiger partial charge in [-0.1, -0.05) is 28.9 Å². The number of aromatic nitrogens is 2. The molecule has 0 radical (unpaired) electrons. The molecule has 1 aromatic heterocycles. The minimum absolute atomic E-state index is 0.0253. The lowest BCUT2D eigenvalue weighted by molar-refractivity contribution is -0.127. The number of hydrogen-bond acceptors (Lipinski definition) is 5. The molecule has 3 rings (SSSR count). The van der Waals surface area contributed by atoms with E-state index in [2.05, 4.69) is 20.3 Å². The molecule has 24 heavy (non-hydrogen) atoms. The first kappa shape index (κ1) is 16.4. The fourth-order valence-electron chi connectivity index (χ4n) is 2.73. The van der Waals surface area contributed by atoms with E-state index in [0.29, 0.717) is 23.8 Å². The van der Waals surface area contributed by atoms with E-state index in [9.17, 15) is 9.59 Å². The van der Waals surface area contributed by atoms with E-state index in [0.717, 1.165) is 12.0 Å². The van der Waals surface area contributed by atoms with Gasteiger partial charge in [-0.25, -0.2) is 4.63 Å². The first-order valence-electron chi connectivity index (χ1n) is 7.65. The molecule has 2 amide bonds. The van der Waals surface area contributed by atoms with Crippen LogP contribution >= 0.6 is 11.6 Å². The van der Waals surface area contributed by atoms with Crippen LogP contribution in [-0.4, -0.2) is 46.2 Å². The number of aryl methyl sites for hydroxylation is 1. The third-order valence-corrected chi connectivity index (χ3v) is 4.21. The lowest BCUT2D eigenvalue weighted by atomic mass is 10.1. The van der Waals surface area contributed by atoms with Crippen molar-refractivity contribution in [1.29, 1.82) is 0 Å². The fraction of sp³-hybridized carbons (Fsp3) is 0.375. The van der Waals surface area contributed by atoms with Gasteiger partial charge in [0.2, 0.25) is 5.91 Å². The Kier molecular flexibility index (Phi) is 4.80. The predicted molar refractivity (Wildman–Crippen MR) is 86.6 cm³/mol. The van der Waals surface area contributed by atoms with Gasteiger partial charge in [0.15, 0.2) is 5.69 Å². The highest BCUT2D eigenvalue weighted by molar-refractivity contribution is 6.30. The molecule has 0 spiro atoms. The van der Waals surface area contributed by atoms with Crippen molar-refractivity contribution in [2.75, 3.05) is 13.1 Å². The van der Waals surface area contributed by atoms with Gasteiger partial charge in [-0.05, 0) is 36.2 Å². The van der Waals surface area contributed by atoms with Crippen molar-refractivity contribution < 1.29 is 14.2 Å². The Hall–Kier alpha value is -2.41. The number of carbonyl (C=O) groups excluding carboxylic acids is 2. The molecule has 0 bridgehead atoms. The molecule has 1 saturated heterocycles. The fourth-order valence-corrected chi connectivity index (χ4v) is 2.95. The average molecular weight is 349 g/mol. The number of likely N-dealkylation sites (tertiary alicyclic amines) is 1. The Balaban J connectivity index is 1.54. The van der Waals surface area contributed by atoms with Crippen molar-refractivity contribution in [3.8, 4) is 0 Å². The quantitative estimate of drug-likeness (QED) is 0.886. The molecule has 0 aliphatic carbocycles. The smallest absolute Gasteiger partial charge is 0.275 e. The topological polar surface area (TPSA) is 88.3 Å². The number of halogens is 1. The maximum absolute atomic E-state index is 12.1. The SMILES string of the molecule is Cc1nonc1C(=O)N[C@@H]1CC(=O)N(CCc2cccc(Cl)c2)C1. The van der Waals surface area contributed by atoms with E-state index in [1.165, 1.54) is 0 Å². The molecule has 2 heterocycles. The number of amides is 2. The summed E-state index contributed by atoms with van der Waals surface area (Å²) < 4.78 is 4.52. The van der Waals surface area contributed by atoms with E-state index in [1.54, 1.807) is 11.8 Å². The van der Waals surface area contributed by atoms with Gasteiger partial charge < -0.3 is 10.2 Å². The van der Waals surface area contributed by atoms with Gasteiger partial charge in [0.1, 0.15) is 5.69 Å². The van der Waals surface area contributed by atoms with Crippen LogP contribution in [0.3, 0.4) is 0 Å². The minimum Gasteiger partial charge on any atom is -0.345 e. The molecule has 1 aliphatic heterocycles. The maximum Gasteiger partial charge on any atom is 0.275 e. The third-order valence-electron chi connectivity index (χ3n) is 3.98. The largest absolute Gasteiger partial charge is 0.345 e. The molecule has 8 heteroatoms. The van der Waals surface area contributed by atoms with Crippen LogP contribution in [0.1, 0.15) is 28.2 Å². The lowest BCUT2D eigenvalue weighted by Gasteiger charge is -2.17. The molecule has 126 valence electrons. The zero-order chi connectivity index (χ0) is 17.1. The van der Waals surface area contributed by atoms with Crippen LogP contribution in [0.4, 0.5) is 0 Å². The Morgan fingerprint density at radius 1 is 1.46 bits per heavy atom. The van der Waals surface area contributed by atoms with Crippen molar-refractivity contribution in [1.82, 2.24) is 20.5 Å². The van der Waals surface area contributed by atoms with E-state index in [-0.39, 0.29) is 30.0 Å². The molecule has 1 N–H and O–H groups in total. The lowest BCUT2D eigenvalue weighted by Crippen LogP contribution is -2.38. The maximum atomic E-state index is 12.1. The van der Waals surface area contributed by atoms with Crippen LogP contribution in [0.5, 0.6) is 0 Å². The van der Waals surface area contributed by atoms with Crippen LogP contribution in [0.2, 0.25) is 5.02 Å². The molecule has 0 saturated carbocycles. The molecule has 1 atom stereocenters. The van der Waals surface area contributed by atoms with Crippen LogP contribution in [0, 0.1) is 6.92 Å². The number of carbonyl (C=O) groups is 2. The van der Waals surface area contributed by atoms with E-state index < -0.39 is 0 Å². The number of nitrogens with one attached hydrogen (secondary N) is 1. The van der Waals surface area contributed by atoms with Crippen molar-refractivity contribution in [2.24, 2.45) is 0 Å². The minimum atomic E-state index is -0.372. The summed E-state index contributed by atoms with van der Waals surface area (Å²) in [5.74, 6) is -0.347. The summed E-state index contributed by atoms with van der Waals surface area (Å²) in [7, 11) is 0. The number of hydrogen-bond donors (Lipinski definition) is 1. The summed E-state index contributed by atoms with van der Waals surface area (Å²) in [4.78, 5) is 26.0. The molecule has 1 aliphatic rings. The van der Waals surface area contributed by atoms with Crippen molar-refractivity contribution in [3.63, 3.8) is 0 Å². The third kappa shape index (κ3) is 3.73. The summed E-state index contributed by atoms with van der Waals surface area (Å²) in [5, 5.41) is 10.6. The highest BCUT2D eigenvalue weighted by atomic mass is 35.5. The highest BCUT2D eigenvalue weighted by Crippen LogP contribution is 2.15. The summed E-state index contributed by atoms with van der Waals surface area (Å²) >= 11 is 5.96. The second-order valence-corrected chi connectivity index (χ2v) is 6.23. The van der Waals surface area contributed by atoms with Crippen LogP contribution in [-0.2, 0) is 11.2 Å². The Bertz CT molecular complexity index is 761. The van der Waals surface area contributed by atoms with Gasteiger partial charge in [0, 0.05) is 24.5 Å². The van der Waals surface area contributed by atoms with E-state index in [4.69, 9.17) is 11.6 Å². The monoisotopic (exact) mass is 348 g/mol. The van der Waals surface area contributed by atoms with Crippen molar-refractivity contribution >= 4 is 23.4 Å². The zero-order valence-corrected chi connectivity index (χ0v) is 13.9. The van der Waals surface area contributed by atoms with Crippen LogP contribution in [0.15, 0.2) is 28.9 Å². The Morgan fingerprint density at radius 2 is 2.29 bits per heavy atom. The summed E-state index contributed by atoms with van der Waals surface area (Å²) in [6.45, 7) is 2.72. The molecular weight excluding hydrogens is 332 g/mol. The van der Waals surface area contributed by atoms with Crippen molar-refractivity contribution in [2.45, 2.75) is 25.8 Å². The molecule has 0 unspecified atom stereocenters. The van der Waals surface area contributed by atoms with E-state index >= 15 is 0 Å². The second kappa shape index (κ2) is 7.00. The second-order valence-electron chi connectivity index (χ2n) is 5.79. The van der Waals surface area contributed by atoms with Gasteiger partial charge in [-0.15, -0.1) is 0 Å². The van der Waals surface area contributed by atoms with Gasteiger partial charge >= 0.3 is 0 Å². The molecule has 2 aromatic rings. The van der Waals surface area contributed by atoms with Gasteiger partial charge in [0.25, 0.3) is 5.91 Å². The molecular formula is C16H17ClN4O3. The number of benzene rings is 1. The van der Waals surface area contributed by atoms with Gasteiger partial charge in [0.05, 0.1) is 6.04 Å². The van der Waals surface area contributed by atoms with Gasteiger partial charge in [-0.3, -0.25) is 9.59 Å². The standard InChI is InChI=1S/C16H17ClN4O3/c1-10-15(20-24-19-10)16(23)18-13-8-14(22)21(9-13)6-5-11-3-2-4-12(17)7-11/h2-4,7,13H,5-6,8-9H2,1H3,(H,18,23)/t13-/m1/s1. The average Bonchev–Trinajstić information content (AvgIpc) is 3.11. The predicted octanol–water partition coefficient (Wildman–Crippen LogP) is 1.60. The highest BCUT2D eigenvalue weighted by Gasteiger charge is 2.31. The van der Waals surface area contributed by atoms with Crippen LogP contribution in [0.25, 0.3) is 0 Å². The zero-order valence-electron chi connectivity index (χ0n) is 13.2. The Morgan fingerprint density at radius 3 is 3.00 bits per heavy atom. The summed E-state index contributed by atoms with van der Waals surface area (Å²) in [5.41, 5.74) is 1.65.